The molecule has 0 atom stereocenters. The van der Waals surface area contributed by atoms with E-state index in [9.17, 15) is 13.2 Å². The number of amides is 1. The van der Waals surface area contributed by atoms with Crippen LogP contribution in [0.3, 0.4) is 0 Å². The van der Waals surface area contributed by atoms with Crippen molar-refractivity contribution in [1.82, 2.24) is 14.9 Å². The Bertz CT molecular complexity index is 392. The minimum absolute atomic E-state index is 0.0505. The minimum Gasteiger partial charge on any atom is -0.383 e. The summed E-state index contributed by atoms with van der Waals surface area (Å²) in [4.78, 5) is 13.7. The number of likely N-dealkylation sites (tertiary alicyclic amines) is 1. The molecule has 1 amide bonds. The smallest absolute Gasteiger partial charge is 0.236 e. The average molecular weight is 307 g/mol. The van der Waals surface area contributed by atoms with Gasteiger partial charge in [0, 0.05) is 32.8 Å². The van der Waals surface area contributed by atoms with Crippen molar-refractivity contribution in [1.29, 1.82) is 0 Å². The van der Waals surface area contributed by atoms with Crippen LogP contribution in [0.2, 0.25) is 0 Å². The highest BCUT2D eigenvalue weighted by molar-refractivity contribution is 7.89. The monoisotopic (exact) mass is 307 g/mol. The predicted octanol–water partition coefficient (Wildman–Crippen LogP) is -0.847. The van der Waals surface area contributed by atoms with E-state index in [1.54, 1.807) is 18.9 Å². The van der Waals surface area contributed by atoms with E-state index in [0.29, 0.717) is 45.6 Å². The largest absolute Gasteiger partial charge is 0.383 e. The maximum Gasteiger partial charge on any atom is 0.236 e. The Morgan fingerprint density at radius 3 is 2.55 bits per heavy atom. The predicted molar refractivity (Wildman–Crippen MR) is 76.9 cm³/mol. The van der Waals surface area contributed by atoms with Gasteiger partial charge in [0.05, 0.1) is 18.9 Å². The number of rotatable bonds is 8. The van der Waals surface area contributed by atoms with Crippen molar-refractivity contribution in [3.63, 3.8) is 0 Å². The molecule has 0 spiro atoms. The normalized spacial score (nSPS) is 17.4. The highest BCUT2D eigenvalue weighted by Gasteiger charge is 2.24. The summed E-state index contributed by atoms with van der Waals surface area (Å²) in [7, 11) is -1.54. The van der Waals surface area contributed by atoms with Gasteiger partial charge in [-0.2, -0.15) is 0 Å². The number of ether oxygens (including phenoxy) is 1. The first kappa shape index (κ1) is 17.4. The summed E-state index contributed by atoms with van der Waals surface area (Å²) in [5.41, 5.74) is 0. The van der Waals surface area contributed by atoms with Crippen LogP contribution in [0.5, 0.6) is 0 Å². The number of hydrogen-bond acceptors (Lipinski definition) is 5. The number of nitrogens with zero attached hydrogens (tertiary/aromatic N) is 1. The van der Waals surface area contributed by atoms with Crippen LogP contribution in [-0.4, -0.2) is 70.9 Å². The van der Waals surface area contributed by atoms with Gasteiger partial charge in [0.2, 0.25) is 15.9 Å². The molecule has 1 aliphatic heterocycles. The lowest BCUT2D eigenvalue weighted by atomic mass is 10.1. The molecule has 20 heavy (non-hydrogen) atoms. The zero-order valence-electron chi connectivity index (χ0n) is 12.2. The number of sulfonamides is 1. The van der Waals surface area contributed by atoms with Gasteiger partial charge >= 0.3 is 0 Å². The maximum absolute atomic E-state index is 11.9. The number of methoxy groups -OCH3 is 1. The van der Waals surface area contributed by atoms with Gasteiger partial charge < -0.3 is 15.0 Å². The van der Waals surface area contributed by atoms with Crippen molar-refractivity contribution in [2.24, 2.45) is 0 Å². The molecule has 1 heterocycles. The molecule has 1 rings (SSSR count). The van der Waals surface area contributed by atoms with Gasteiger partial charge in [-0.3, -0.25) is 4.79 Å². The van der Waals surface area contributed by atoms with Crippen molar-refractivity contribution in [2.45, 2.75) is 25.8 Å². The van der Waals surface area contributed by atoms with Crippen molar-refractivity contribution in [3.05, 3.63) is 0 Å². The van der Waals surface area contributed by atoms with E-state index in [2.05, 4.69) is 10.0 Å². The highest BCUT2D eigenvalue weighted by Crippen LogP contribution is 2.11. The molecule has 0 unspecified atom stereocenters. The van der Waals surface area contributed by atoms with Gasteiger partial charge in [-0.15, -0.1) is 0 Å². The Balaban J connectivity index is 2.26. The van der Waals surface area contributed by atoms with Crippen LogP contribution < -0.4 is 10.0 Å². The Hall–Kier alpha value is -0.700. The van der Waals surface area contributed by atoms with Gasteiger partial charge in [-0.05, 0) is 19.8 Å². The minimum atomic E-state index is -3.16. The Labute approximate surface area is 121 Å². The molecule has 7 nitrogen and oxygen atoms in total. The van der Waals surface area contributed by atoms with Crippen LogP contribution >= 0.6 is 0 Å². The molecule has 0 aromatic rings. The maximum atomic E-state index is 11.9. The zero-order chi connectivity index (χ0) is 15.0. The Morgan fingerprint density at radius 2 is 2.00 bits per heavy atom. The van der Waals surface area contributed by atoms with E-state index >= 15 is 0 Å². The van der Waals surface area contributed by atoms with Crippen LogP contribution in [0.1, 0.15) is 19.8 Å². The van der Waals surface area contributed by atoms with Crippen molar-refractivity contribution in [3.8, 4) is 0 Å². The molecule has 0 radical (unpaired) electrons. The molecule has 2 N–H and O–H groups in total. The summed E-state index contributed by atoms with van der Waals surface area (Å²) in [6.07, 6.45) is 1.34. The second kappa shape index (κ2) is 8.56. The fourth-order valence-corrected chi connectivity index (χ4v) is 2.98. The molecule has 8 heteroatoms. The van der Waals surface area contributed by atoms with Crippen LogP contribution in [0.15, 0.2) is 0 Å². The second-order valence-corrected chi connectivity index (χ2v) is 6.89. The third kappa shape index (κ3) is 6.17. The first-order valence-electron chi connectivity index (χ1n) is 6.96. The quantitative estimate of drug-likeness (QED) is 0.571. The molecule has 0 aliphatic carbocycles. The summed E-state index contributed by atoms with van der Waals surface area (Å²) < 4.78 is 30.5. The fraction of sp³-hybridized carbons (Fsp3) is 0.917. The van der Waals surface area contributed by atoms with Gasteiger partial charge in [0.25, 0.3) is 0 Å². The number of nitrogens with one attached hydrogen (secondary N) is 2. The van der Waals surface area contributed by atoms with Gasteiger partial charge in [-0.25, -0.2) is 13.1 Å². The molecular formula is C12H25N3O4S. The Kier molecular flexibility index (Phi) is 7.42. The summed E-state index contributed by atoms with van der Waals surface area (Å²) in [5.74, 6) is 0.146. The standard InChI is InChI=1S/C12H25N3O4S/c1-3-20(17,18)14-11-4-7-15(8-5-11)12(16)10-13-6-9-19-2/h11,13-14H,3-10H2,1-2H3. The lowest BCUT2D eigenvalue weighted by molar-refractivity contribution is -0.131. The first-order valence-corrected chi connectivity index (χ1v) is 8.61. The zero-order valence-corrected chi connectivity index (χ0v) is 13.0. The third-order valence-corrected chi connectivity index (χ3v) is 4.79. The van der Waals surface area contributed by atoms with E-state index < -0.39 is 10.0 Å². The Morgan fingerprint density at radius 1 is 1.35 bits per heavy atom. The number of carbonyl (C=O) groups excluding carboxylic acids is 1. The second-order valence-electron chi connectivity index (χ2n) is 4.85. The summed E-state index contributed by atoms with van der Waals surface area (Å²) >= 11 is 0. The highest BCUT2D eigenvalue weighted by atomic mass is 32.2. The topological polar surface area (TPSA) is 87.7 Å². The van der Waals surface area contributed by atoms with Gasteiger partial charge in [-0.1, -0.05) is 0 Å². The third-order valence-electron chi connectivity index (χ3n) is 3.33. The molecule has 1 saturated heterocycles. The fourth-order valence-electron chi connectivity index (χ4n) is 2.07. The first-order chi connectivity index (χ1) is 9.48. The number of hydrogen-bond donors (Lipinski definition) is 2. The van der Waals surface area contributed by atoms with Crippen molar-refractivity contribution in [2.75, 3.05) is 45.6 Å². The van der Waals surface area contributed by atoms with Crippen LogP contribution in [-0.2, 0) is 19.6 Å². The van der Waals surface area contributed by atoms with Crippen LogP contribution in [0, 0.1) is 0 Å². The lowest BCUT2D eigenvalue weighted by Crippen LogP contribution is -2.48. The average Bonchev–Trinajstić information content (AvgIpc) is 2.44. The molecule has 1 fully saturated rings. The summed E-state index contributed by atoms with van der Waals surface area (Å²) in [6.45, 7) is 4.34. The molecule has 0 aromatic carbocycles. The lowest BCUT2D eigenvalue weighted by Gasteiger charge is -2.32. The molecule has 0 bridgehead atoms. The van der Waals surface area contributed by atoms with Crippen LogP contribution in [0.25, 0.3) is 0 Å². The number of piperidine rings is 1. The molecule has 0 aromatic heterocycles. The summed E-state index contributed by atoms with van der Waals surface area (Å²) in [5, 5.41) is 3.01. The van der Waals surface area contributed by atoms with Gasteiger partial charge in [0.1, 0.15) is 0 Å². The van der Waals surface area contributed by atoms with E-state index in [4.69, 9.17) is 4.74 Å². The van der Waals surface area contributed by atoms with Gasteiger partial charge in [0.15, 0.2) is 0 Å². The molecule has 0 saturated carbocycles. The van der Waals surface area contributed by atoms with E-state index in [1.165, 1.54) is 0 Å². The van der Waals surface area contributed by atoms with Crippen molar-refractivity contribution < 1.29 is 17.9 Å². The van der Waals surface area contributed by atoms with E-state index in [1.807, 2.05) is 0 Å². The molecular weight excluding hydrogens is 282 g/mol. The summed E-state index contributed by atoms with van der Waals surface area (Å²) in [6, 6.07) is -0.0505. The van der Waals surface area contributed by atoms with Crippen molar-refractivity contribution >= 4 is 15.9 Å². The number of carbonyl (C=O) groups is 1. The van der Waals surface area contributed by atoms with E-state index in [0.717, 1.165) is 0 Å². The SMILES string of the molecule is CCS(=O)(=O)NC1CCN(C(=O)CNCCOC)CC1. The van der Waals surface area contributed by atoms with Crippen LogP contribution in [0.4, 0.5) is 0 Å². The molecule has 118 valence electrons. The molecule has 1 aliphatic rings. The van der Waals surface area contributed by atoms with E-state index in [-0.39, 0.29) is 17.7 Å².